The van der Waals surface area contributed by atoms with Crippen molar-refractivity contribution in [2.45, 2.75) is 95.2 Å². The highest BCUT2D eigenvalue weighted by atomic mass is 35.5. The van der Waals surface area contributed by atoms with E-state index in [1.165, 1.54) is 70.6 Å². The zero-order chi connectivity index (χ0) is 14.9. The van der Waals surface area contributed by atoms with Gasteiger partial charge in [0.05, 0.1) is 0 Å². The van der Waals surface area contributed by atoms with Gasteiger partial charge in [0.25, 0.3) is 0 Å². The van der Waals surface area contributed by atoms with E-state index in [1.807, 2.05) is 0 Å². The maximum Gasteiger partial charge on any atom is 0.223 e. The largest absolute Gasteiger partial charge is 0.339 e. The zero-order valence-electron chi connectivity index (χ0n) is 14.3. The summed E-state index contributed by atoms with van der Waals surface area (Å²) in [5.74, 6) is 1.93. The van der Waals surface area contributed by atoms with Gasteiger partial charge in [-0.05, 0) is 63.2 Å². The fourth-order valence-corrected chi connectivity index (χ4v) is 5.19. The summed E-state index contributed by atoms with van der Waals surface area (Å²) in [5, 5.41) is 3.70. The lowest BCUT2D eigenvalue weighted by atomic mass is 9.87. The van der Waals surface area contributed by atoms with Crippen LogP contribution in [0.1, 0.15) is 77.0 Å². The Hall–Kier alpha value is -0.280. The number of nitrogens with one attached hydrogen (secondary N) is 1. The monoisotopic (exact) mass is 340 g/mol. The SMILES string of the molecule is Cl.O=C(CC1CC2CCC(C1)N2)N(CC1CCCCC1)C1CC1. The van der Waals surface area contributed by atoms with Crippen molar-refractivity contribution in [3.63, 3.8) is 0 Å². The third-order valence-corrected chi connectivity index (χ3v) is 6.52. The van der Waals surface area contributed by atoms with E-state index >= 15 is 0 Å². The molecule has 0 aromatic heterocycles. The van der Waals surface area contributed by atoms with Gasteiger partial charge in [0.2, 0.25) is 5.91 Å². The molecule has 0 spiro atoms. The Labute approximate surface area is 147 Å². The summed E-state index contributed by atoms with van der Waals surface area (Å²) in [6.45, 7) is 1.07. The first-order valence-corrected chi connectivity index (χ1v) is 9.83. The average Bonchev–Trinajstić information content (AvgIpc) is 3.31. The van der Waals surface area contributed by atoms with Crippen LogP contribution in [-0.4, -0.2) is 35.5 Å². The lowest BCUT2D eigenvalue weighted by Crippen LogP contribution is -2.42. The van der Waals surface area contributed by atoms with Crippen molar-refractivity contribution < 1.29 is 4.79 Å². The van der Waals surface area contributed by atoms with Gasteiger partial charge in [0.15, 0.2) is 0 Å². The normalized spacial score (nSPS) is 34.0. The Kier molecular flexibility index (Phi) is 5.90. The number of carbonyl (C=O) groups excluding carboxylic acids is 1. The van der Waals surface area contributed by atoms with Gasteiger partial charge >= 0.3 is 0 Å². The van der Waals surface area contributed by atoms with Crippen LogP contribution >= 0.6 is 12.4 Å². The van der Waals surface area contributed by atoms with Crippen LogP contribution in [0.4, 0.5) is 0 Å². The minimum atomic E-state index is 0. The van der Waals surface area contributed by atoms with Crippen LogP contribution in [0.5, 0.6) is 0 Å². The number of hydrogen-bond acceptors (Lipinski definition) is 2. The van der Waals surface area contributed by atoms with Gasteiger partial charge < -0.3 is 10.2 Å². The predicted octanol–water partition coefficient (Wildman–Crippen LogP) is 3.90. The summed E-state index contributed by atoms with van der Waals surface area (Å²) in [6.07, 6.45) is 15.4. The zero-order valence-corrected chi connectivity index (χ0v) is 15.2. The van der Waals surface area contributed by atoms with E-state index < -0.39 is 0 Å². The summed E-state index contributed by atoms with van der Waals surface area (Å²) in [6, 6.07) is 2.03. The quantitative estimate of drug-likeness (QED) is 0.823. The summed E-state index contributed by atoms with van der Waals surface area (Å²) in [5.41, 5.74) is 0. The van der Waals surface area contributed by atoms with E-state index in [0.29, 0.717) is 30.0 Å². The second-order valence-corrected chi connectivity index (χ2v) is 8.46. The van der Waals surface area contributed by atoms with E-state index in [4.69, 9.17) is 0 Å². The Balaban J connectivity index is 0.00000156. The molecule has 2 heterocycles. The summed E-state index contributed by atoms with van der Waals surface area (Å²) in [4.78, 5) is 15.2. The summed E-state index contributed by atoms with van der Waals surface area (Å²) >= 11 is 0. The molecule has 2 saturated carbocycles. The molecule has 1 N–H and O–H groups in total. The van der Waals surface area contributed by atoms with E-state index in [-0.39, 0.29) is 12.4 Å². The standard InChI is InChI=1S/C19H32N2O.ClH/c22-19(12-15-10-16-6-7-17(11-15)20-16)21(18-8-9-18)13-14-4-2-1-3-5-14;/h14-18,20H,1-13H2;1H. The van der Waals surface area contributed by atoms with Crippen LogP contribution in [0.25, 0.3) is 0 Å². The van der Waals surface area contributed by atoms with Gasteiger partial charge in [-0.1, -0.05) is 19.3 Å². The maximum atomic E-state index is 12.9. The first kappa shape index (κ1) is 17.5. The van der Waals surface area contributed by atoms with Crippen molar-refractivity contribution in [3.05, 3.63) is 0 Å². The second kappa shape index (κ2) is 7.74. The number of halogens is 1. The number of carbonyl (C=O) groups is 1. The summed E-state index contributed by atoms with van der Waals surface area (Å²) in [7, 11) is 0. The molecule has 4 aliphatic rings. The lowest BCUT2D eigenvalue weighted by Gasteiger charge is -2.33. The van der Waals surface area contributed by atoms with Crippen molar-refractivity contribution >= 4 is 18.3 Å². The fraction of sp³-hybridized carbons (Fsp3) is 0.947. The molecule has 0 aromatic rings. The highest BCUT2D eigenvalue weighted by Gasteiger charge is 2.38. The van der Waals surface area contributed by atoms with Crippen LogP contribution in [0.2, 0.25) is 0 Å². The van der Waals surface area contributed by atoms with Crippen LogP contribution < -0.4 is 5.32 Å². The van der Waals surface area contributed by atoms with Gasteiger partial charge in [-0.15, -0.1) is 12.4 Å². The van der Waals surface area contributed by atoms with Crippen molar-refractivity contribution in [1.82, 2.24) is 10.2 Å². The molecular weight excluding hydrogens is 308 g/mol. The first-order chi connectivity index (χ1) is 10.8. The van der Waals surface area contributed by atoms with Gasteiger partial charge in [-0.3, -0.25) is 4.79 Å². The van der Waals surface area contributed by atoms with Crippen LogP contribution in [-0.2, 0) is 4.79 Å². The van der Waals surface area contributed by atoms with Gasteiger partial charge in [-0.25, -0.2) is 0 Å². The molecule has 2 atom stereocenters. The van der Waals surface area contributed by atoms with Crippen molar-refractivity contribution in [2.75, 3.05) is 6.54 Å². The topological polar surface area (TPSA) is 32.3 Å². The van der Waals surface area contributed by atoms with E-state index in [0.717, 1.165) is 18.9 Å². The molecule has 4 rings (SSSR count). The molecule has 132 valence electrons. The van der Waals surface area contributed by atoms with Gasteiger partial charge in [-0.2, -0.15) is 0 Å². The molecule has 2 bridgehead atoms. The molecule has 3 nitrogen and oxygen atoms in total. The predicted molar refractivity (Wildman–Crippen MR) is 95.8 cm³/mol. The van der Waals surface area contributed by atoms with E-state index in [1.54, 1.807) is 0 Å². The van der Waals surface area contributed by atoms with Crippen LogP contribution in [0.3, 0.4) is 0 Å². The molecule has 4 heteroatoms. The number of rotatable bonds is 5. The maximum absolute atomic E-state index is 12.9. The van der Waals surface area contributed by atoms with Crippen molar-refractivity contribution in [2.24, 2.45) is 11.8 Å². The number of hydrogen-bond donors (Lipinski definition) is 1. The Morgan fingerprint density at radius 3 is 2.13 bits per heavy atom. The first-order valence-electron chi connectivity index (χ1n) is 9.83. The number of nitrogens with zero attached hydrogens (tertiary/aromatic N) is 1. The lowest BCUT2D eigenvalue weighted by molar-refractivity contribution is -0.134. The molecule has 4 fully saturated rings. The van der Waals surface area contributed by atoms with Crippen molar-refractivity contribution in [1.29, 1.82) is 0 Å². The van der Waals surface area contributed by atoms with Crippen LogP contribution in [0.15, 0.2) is 0 Å². The van der Waals surface area contributed by atoms with Gasteiger partial charge in [0.1, 0.15) is 0 Å². The Morgan fingerprint density at radius 1 is 0.870 bits per heavy atom. The number of piperidine rings is 1. The minimum Gasteiger partial charge on any atom is -0.339 e. The van der Waals surface area contributed by atoms with E-state index in [2.05, 4.69) is 10.2 Å². The van der Waals surface area contributed by atoms with Crippen LogP contribution in [0, 0.1) is 11.8 Å². The smallest absolute Gasteiger partial charge is 0.223 e. The van der Waals surface area contributed by atoms with E-state index in [9.17, 15) is 4.79 Å². The molecule has 2 unspecified atom stereocenters. The third-order valence-electron chi connectivity index (χ3n) is 6.52. The Morgan fingerprint density at radius 2 is 1.52 bits per heavy atom. The molecule has 0 radical (unpaired) electrons. The molecule has 23 heavy (non-hydrogen) atoms. The summed E-state index contributed by atoms with van der Waals surface area (Å²) < 4.78 is 0. The molecule has 2 aliphatic carbocycles. The highest BCUT2D eigenvalue weighted by molar-refractivity contribution is 5.85. The Bertz CT molecular complexity index is 394. The molecule has 1 amide bonds. The fourth-order valence-electron chi connectivity index (χ4n) is 5.19. The third kappa shape index (κ3) is 4.42. The minimum absolute atomic E-state index is 0. The number of fused-ring (bicyclic) bond motifs is 2. The number of amides is 1. The highest BCUT2D eigenvalue weighted by Crippen LogP contribution is 2.36. The molecule has 2 aliphatic heterocycles. The molecule has 0 aromatic carbocycles. The van der Waals surface area contributed by atoms with Gasteiger partial charge in [0, 0.05) is 31.1 Å². The van der Waals surface area contributed by atoms with Crippen molar-refractivity contribution in [3.8, 4) is 0 Å². The second-order valence-electron chi connectivity index (χ2n) is 8.46. The average molecular weight is 341 g/mol. The molecular formula is C19H33ClN2O. The molecule has 2 saturated heterocycles.